The van der Waals surface area contributed by atoms with E-state index in [2.05, 4.69) is 141 Å². The minimum atomic E-state index is 0.688. The van der Waals surface area contributed by atoms with Crippen molar-refractivity contribution in [2.45, 2.75) is 0 Å². The fourth-order valence-corrected chi connectivity index (χ4v) is 6.25. The second-order valence-electron chi connectivity index (χ2n) is 9.98. The fourth-order valence-electron chi connectivity index (χ4n) is 5.93. The largest absolute Gasteiger partial charge is 0.493 e. The number of alkyl halides is 2. The molecule has 196 valence electrons. The first kappa shape index (κ1) is 25.4. The van der Waals surface area contributed by atoms with E-state index in [1.807, 2.05) is 0 Å². The monoisotopic (exact) mass is 648 g/mol. The molecule has 0 unspecified atom stereocenters. The van der Waals surface area contributed by atoms with Gasteiger partial charge in [-0.25, -0.2) is 0 Å². The first-order valence-corrected chi connectivity index (χ1v) is 15.7. The lowest BCUT2D eigenvalue weighted by Crippen LogP contribution is -1.97. The van der Waals surface area contributed by atoms with Gasteiger partial charge in [0.05, 0.1) is 13.2 Å². The first-order chi connectivity index (χ1) is 19.7. The molecule has 0 saturated carbocycles. The molecule has 0 aliphatic carbocycles. The van der Waals surface area contributed by atoms with E-state index in [0.29, 0.717) is 13.2 Å². The van der Waals surface area contributed by atoms with E-state index in [1.165, 1.54) is 64.6 Å². The Hall–Kier alpha value is -3.60. The quantitative estimate of drug-likeness (QED) is 0.132. The molecule has 4 heteroatoms. The van der Waals surface area contributed by atoms with Crippen molar-refractivity contribution < 1.29 is 9.47 Å². The third kappa shape index (κ3) is 4.49. The normalized spacial score (nSPS) is 11.7. The van der Waals surface area contributed by atoms with E-state index in [4.69, 9.17) is 9.47 Å². The van der Waals surface area contributed by atoms with Gasteiger partial charge in [0.2, 0.25) is 0 Å². The summed E-state index contributed by atoms with van der Waals surface area (Å²) in [4.78, 5) is 0. The summed E-state index contributed by atoms with van der Waals surface area (Å²) in [6.07, 6.45) is 0. The van der Waals surface area contributed by atoms with Crippen molar-refractivity contribution in [1.29, 1.82) is 0 Å². The van der Waals surface area contributed by atoms with Crippen molar-refractivity contribution in [2.24, 2.45) is 0 Å². The number of benzene rings is 8. The van der Waals surface area contributed by atoms with E-state index in [1.54, 1.807) is 0 Å². The zero-order valence-electron chi connectivity index (χ0n) is 21.8. The molecule has 8 aromatic carbocycles. The molecule has 40 heavy (non-hydrogen) atoms. The molecule has 0 atom stereocenters. The number of hydrogen-bond donors (Lipinski definition) is 0. The van der Waals surface area contributed by atoms with Gasteiger partial charge in [-0.05, 0) is 88.9 Å². The summed E-state index contributed by atoms with van der Waals surface area (Å²) in [7, 11) is 0. The van der Waals surface area contributed by atoms with Crippen LogP contribution in [0.25, 0.3) is 64.6 Å². The predicted octanol–water partition coefficient (Wildman–Crippen LogP) is 10.7. The summed E-state index contributed by atoms with van der Waals surface area (Å²) in [5.41, 5.74) is 0. The van der Waals surface area contributed by atoms with Crippen LogP contribution in [0.1, 0.15) is 0 Å². The van der Waals surface area contributed by atoms with Crippen LogP contribution >= 0.6 is 31.9 Å². The van der Waals surface area contributed by atoms with Gasteiger partial charge in [-0.3, -0.25) is 0 Å². The molecule has 0 N–H and O–H groups in total. The number of hydrogen-bond acceptors (Lipinski definition) is 2. The molecule has 0 spiro atoms. The fraction of sp³-hybridized carbons (Fsp3) is 0.111. The van der Waals surface area contributed by atoms with Crippen LogP contribution in [0.3, 0.4) is 0 Å². The molecule has 0 bridgehead atoms. The number of halogens is 2. The van der Waals surface area contributed by atoms with Crippen molar-refractivity contribution in [3.05, 3.63) is 109 Å². The van der Waals surface area contributed by atoms with E-state index in [0.717, 1.165) is 22.2 Å². The Morgan fingerprint density at radius 2 is 0.650 bits per heavy atom. The smallest absolute Gasteiger partial charge is 0.120 e. The van der Waals surface area contributed by atoms with Crippen LogP contribution in [0.15, 0.2) is 109 Å². The maximum atomic E-state index is 5.76. The van der Waals surface area contributed by atoms with E-state index >= 15 is 0 Å². The Kier molecular flexibility index (Phi) is 6.82. The van der Waals surface area contributed by atoms with Crippen LogP contribution in [0.4, 0.5) is 0 Å². The zero-order chi connectivity index (χ0) is 27.1. The second-order valence-corrected chi connectivity index (χ2v) is 11.6. The molecular formula is C36H26Br2O2. The minimum Gasteiger partial charge on any atom is -0.493 e. The maximum absolute atomic E-state index is 5.76. The van der Waals surface area contributed by atoms with Gasteiger partial charge in [-0.2, -0.15) is 0 Å². The van der Waals surface area contributed by atoms with Crippen LogP contribution in [-0.4, -0.2) is 23.9 Å². The standard InChI is InChI=1S/2C18H13BrO/c2*19-8-9-20-16-10-14-6-4-12-2-1-3-13-5-7-15(11-16)18(14)17(12)13/h2*1-7,10-11H,8-9H2. The minimum absolute atomic E-state index is 0.688. The summed E-state index contributed by atoms with van der Waals surface area (Å²) >= 11 is 6.79. The average molecular weight is 650 g/mol. The highest BCUT2D eigenvalue weighted by Gasteiger charge is 2.10. The number of rotatable bonds is 6. The Morgan fingerprint density at radius 1 is 0.375 bits per heavy atom. The third-order valence-electron chi connectivity index (χ3n) is 7.57. The van der Waals surface area contributed by atoms with Gasteiger partial charge in [0.25, 0.3) is 0 Å². The Bertz CT molecular complexity index is 1820. The summed E-state index contributed by atoms with van der Waals surface area (Å²) in [5, 5.41) is 17.3. The average Bonchev–Trinajstić information content (AvgIpc) is 3.00. The van der Waals surface area contributed by atoms with Crippen molar-refractivity contribution in [1.82, 2.24) is 0 Å². The lowest BCUT2D eigenvalue weighted by atomic mass is 9.94. The van der Waals surface area contributed by atoms with Crippen LogP contribution in [0, 0.1) is 0 Å². The molecule has 0 fully saturated rings. The van der Waals surface area contributed by atoms with Crippen molar-refractivity contribution in [3.63, 3.8) is 0 Å². The van der Waals surface area contributed by atoms with Gasteiger partial charge in [0.1, 0.15) is 11.5 Å². The van der Waals surface area contributed by atoms with Gasteiger partial charge in [-0.1, -0.05) is 117 Å². The van der Waals surface area contributed by atoms with Gasteiger partial charge < -0.3 is 9.47 Å². The molecule has 0 aromatic heterocycles. The second kappa shape index (κ2) is 10.8. The highest BCUT2D eigenvalue weighted by atomic mass is 79.9. The van der Waals surface area contributed by atoms with Gasteiger partial charge in [0, 0.05) is 10.7 Å². The SMILES string of the molecule is BrCCOc1cc2ccc3cccc4ccc(c1)c2c34.BrCCOc1cc2ccc3cccc4ccc(c1)c2c34. The van der Waals surface area contributed by atoms with Crippen LogP contribution in [0.5, 0.6) is 11.5 Å². The molecule has 0 heterocycles. The predicted molar refractivity (Wildman–Crippen MR) is 179 cm³/mol. The van der Waals surface area contributed by atoms with Gasteiger partial charge >= 0.3 is 0 Å². The molecule has 8 aromatic rings. The summed E-state index contributed by atoms with van der Waals surface area (Å²) in [6.45, 7) is 1.38. The van der Waals surface area contributed by atoms with Crippen molar-refractivity contribution >= 4 is 96.5 Å². The van der Waals surface area contributed by atoms with Crippen molar-refractivity contribution in [3.8, 4) is 11.5 Å². The molecule has 8 rings (SSSR count). The molecule has 2 nitrogen and oxygen atoms in total. The first-order valence-electron chi connectivity index (χ1n) is 13.5. The summed E-state index contributed by atoms with van der Waals surface area (Å²) < 4.78 is 11.5. The third-order valence-corrected chi connectivity index (χ3v) is 8.21. The molecule has 0 saturated heterocycles. The highest BCUT2D eigenvalue weighted by molar-refractivity contribution is 9.09. The Morgan fingerprint density at radius 3 is 0.950 bits per heavy atom. The lowest BCUT2D eigenvalue weighted by molar-refractivity contribution is 0.346. The zero-order valence-corrected chi connectivity index (χ0v) is 25.0. The van der Waals surface area contributed by atoms with Gasteiger partial charge in [0.15, 0.2) is 0 Å². The number of ether oxygens (including phenoxy) is 2. The van der Waals surface area contributed by atoms with E-state index in [9.17, 15) is 0 Å². The topological polar surface area (TPSA) is 18.5 Å². The summed E-state index contributed by atoms with van der Waals surface area (Å²) in [5.74, 6) is 1.88. The molecular weight excluding hydrogens is 624 g/mol. The molecule has 0 amide bonds. The van der Waals surface area contributed by atoms with Crippen molar-refractivity contribution in [2.75, 3.05) is 23.9 Å². The van der Waals surface area contributed by atoms with Crippen LogP contribution in [-0.2, 0) is 0 Å². The molecule has 0 aliphatic heterocycles. The maximum Gasteiger partial charge on any atom is 0.120 e. The Labute approximate surface area is 249 Å². The molecule has 0 aliphatic rings. The molecule has 0 radical (unpaired) electrons. The van der Waals surface area contributed by atoms with Crippen LogP contribution < -0.4 is 9.47 Å². The lowest BCUT2D eigenvalue weighted by Gasteiger charge is -2.12. The Balaban J connectivity index is 0.000000132. The summed E-state index contributed by atoms with van der Waals surface area (Å²) in [6, 6.07) is 39.0. The van der Waals surface area contributed by atoms with E-state index in [-0.39, 0.29) is 0 Å². The highest BCUT2D eigenvalue weighted by Crippen LogP contribution is 2.38. The van der Waals surface area contributed by atoms with Crippen LogP contribution in [0.2, 0.25) is 0 Å². The van der Waals surface area contributed by atoms with E-state index < -0.39 is 0 Å². The van der Waals surface area contributed by atoms with Gasteiger partial charge in [-0.15, -0.1) is 0 Å².